The van der Waals surface area contributed by atoms with Crippen LogP contribution in [-0.4, -0.2) is 23.4 Å². The van der Waals surface area contributed by atoms with E-state index in [0.29, 0.717) is 35.4 Å². The minimum absolute atomic E-state index is 0.0301. The Morgan fingerprint density at radius 2 is 2.38 bits per heavy atom. The lowest BCUT2D eigenvalue weighted by atomic mass is 10.1. The van der Waals surface area contributed by atoms with Crippen LogP contribution < -0.4 is 10.5 Å². The van der Waals surface area contributed by atoms with Crippen molar-refractivity contribution in [3.05, 3.63) is 33.4 Å². The lowest BCUT2D eigenvalue weighted by Gasteiger charge is -2.20. The number of rotatable bonds is 5. The lowest BCUT2D eigenvalue weighted by molar-refractivity contribution is -0.385. The Balaban J connectivity index is 2.21. The van der Waals surface area contributed by atoms with E-state index in [0.717, 1.165) is 12.0 Å². The van der Waals surface area contributed by atoms with Crippen LogP contribution in [0.15, 0.2) is 17.1 Å². The normalized spacial score (nSPS) is 14.4. The van der Waals surface area contributed by atoms with E-state index in [1.54, 1.807) is 0 Å². The summed E-state index contributed by atoms with van der Waals surface area (Å²) in [6.07, 6.45) is 0.925. The minimum Gasteiger partial charge on any atom is -0.467 e. The SMILES string of the molecule is CCCN=C(N)SCc1cc([N+](=O)[O-])cc2c1OCOC2. The number of thioether (sulfide) groups is 1. The predicted molar refractivity (Wildman–Crippen MR) is 81.5 cm³/mol. The molecule has 0 saturated heterocycles. The number of aliphatic imine (C=N–C) groups is 1. The first kappa shape index (κ1) is 15.6. The molecular formula is C13H17N3O4S. The van der Waals surface area contributed by atoms with Crippen molar-refractivity contribution < 1.29 is 14.4 Å². The molecule has 0 bridgehead atoms. The zero-order valence-corrected chi connectivity index (χ0v) is 12.5. The number of amidine groups is 1. The van der Waals surface area contributed by atoms with Gasteiger partial charge in [-0.3, -0.25) is 15.1 Å². The molecule has 0 spiro atoms. The van der Waals surface area contributed by atoms with Crippen LogP contribution in [0.5, 0.6) is 5.75 Å². The first-order valence-electron chi connectivity index (χ1n) is 6.55. The fourth-order valence-corrected chi connectivity index (χ4v) is 2.61. The van der Waals surface area contributed by atoms with Crippen molar-refractivity contribution in [1.82, 2.24) is 0 Å². The second-order valence-corrected chi connectivity index (χ2v) is 5.47. The van der Waals surface area contributed by atoms with Crippen LogP contribution in [0.25, 0.3) is 0 Å². The van der Waals surface area contributed by atoms with Crippen molar-refractivity contribution in [2.45, 2.75) is 25.7 Å². The molecule has 0 fully saturated rings. The second-order valence-electron chi connectivity index (χ2n) is 4.47. The molecule has 21 heavy (non-hydrogen) atoms. The Labute approximate surface area is 126 Å². The van der Waals surface area contributed by atoms with E-state index in [1.807, 2.05) is 6.92 Å². The molecule has 0 atom stereocenters. The Morgan fingerprint density at radius 3 is 3.10 bits per heavy atom. The number of nitro benzene ring substituents is 1. The third-order valence-electron chi connectivity index (χ3n) is 2.85. The number of nitrogens with zero attached hydrogens (tertiary/aromatic N) is 2. The van der Waals surface area contributed by atoms with Gasteiger partial charge >= 0.3 is 0 Å². The van der Waals surface area contributed by atoms with E-state index >= 15 is 0 Å². The molecule has 0 aromatic heterocycles. The average Bonchev–Trinajstić information content (AvgIpc) is 2.50. The van der Waals surface area contributed by atoms with Crippen molar-refractivity contribution in [3.8, 4) is 5.75 Å². The van der Waals surface area contributed by atoms with Crippen molar-refractivity contribution in [3.63, 3.8) is 0 Å². The summed E-state index contributed by atoms with van der Waals surface area (Å²) in [5.41, 5.74) is 7.25. The fraction of sp³-hybridized carbons (Fsp3) is 0.462. The Bertz CT molecular complexity index is 563. The smallest absolute Gasteiger partial charge is 0.270 e. The van der Waals surface area contributed by atoms with Crippen LogP contribution >= 0.6 is 11.8 Å². The highest BCUT2D eigenvalue weighted by molar-refractivity contribution is 8.13. The molecule has 1 aromatic rings. The fourth-order valence-electron chi connectivity index (χ4n) is 1.91. The third kappa shape index (κ3) is 4.08. The van der Waals surface area contributed by atoms with Crippen LogP contribution in [-0.2, 0) is 17.1 Å². The molecular weight excluding hydrogens is 294 g/mol. The van der Waals surface area contributed by atoms with Gasteiger partial charge in [0.15, 0.2) is 12.0 Å². The maximum absolute atomic E-state index is 11.0. The van der Waals surface area contributed by atoms with Crippen molar-refractivity contribution >= 4 is 22.6 Å². The standard InChI is InChI=1S/C13H17N3O4S/c1-2-3-15-13(14)21-7-10-5-11(16(17)18)4-9-6-19-8-20-12(9)10/h4-5H,2-3,6-8H2,1H3,(H2,14,15). The summed E-state index contributed by atoms with van der Waals surface area (Å²) < 4.78 is 10.6. The summed E-state index contributed by atoms with van der Waals surface area (Å²) in [6, 6.07) is 3.00. The number of nitro groups is 1. The first-order valence-corrected chi connectivity index (χ1v) is 7.53. The third-order valence-corrected chi connectivity index (χ3v) is 3.73. The van der Waals surface area contributed by atoms with Gasteiger partial charge in [0.25, 0.3) is 5.69 Å². The number of non-ortho nitro benzene ring substituents is 1. The number of benzene rings is 1. The summed E-state index contributed by atoms with van der Waals surface area (Å²) in [7, 11) is 0. The first-order chi connectivity index (χ1) is 10.1. The largest absolute Gasteiger partial charge is 0.467 e. The highest BCUT2D eigenvalue weighted by Crippen LogP contribution is 2.34. The summed E-state index contributed by atoms with van der Waals surface area (Å²) in [5.74, 6) is 1.13. The molecule has 1 aromatic carbocycles. The number of fused-ring (bicyclic) bond motifs is 1. The monoisotopic (exact) mass is 311 g/mol. The van der Waals surface area contributed by atoms with Crippen LogP contribution in [0.4, 0.5) is 5.69 Å². The van der Waals surface area contributed by atoms with E-state index in [1.165, 1.54) is 23.9 Å². The molecule has 0 saturated carbocycles. The molecule has 1 aliphatic heterocycles. The van der Waals surface area contributed by atoms with E-state index in [9.17, 15) is 10.1 Å². The summed E-state index contributed by atoms with van der Waals surface area (Å²) in [5, 5.41) is 11.5. The van der Waals surface area contributed by atoms with Gasteiger partial charge in [0.05, 0.1) is 11.5 Å². The maximum Gasteiger partial charge on any atom is 0.270 e. The number of nitrogens with two attached hydrogens (primary N) is 1. The number of hydrogen-bond acceptors (Lipinski definition) is 6. The molecule has 2 rings (SSSR count). The average molecular weight is 311 g/mol. The molecule has 2 N–H and O–H groups in total. The van der Waals surface area contributed by atoms with Gasteiger partial charge in [-0.15, -0.1) is 0 Å². The van der Waals surface area contributed by atoms with Gasteiger partial charge in [-0.1, -0.05) is 18.7 Å². The lowest BCUT2D eigenvalue weighted by Crippen LogP contribution is -2.14. The van der Waals surface area contributed by atoms with E-state index in [-0.39, 0.29) is 12.5 Å². The Hall–Kier alpha value is -1.80. The molecule has 1 aliphatic rings. The summed E-state index contributed by atoms with van der Waals surface area (Å²) in [6.45, 7) is 3.17. The van der Waals surface area contributed by atoms with Crippen LogP contribution in [0.2, 0.25) is 0 Å². The van der Waals surface area contributed by atoms with Gasteiger partial charge in [-0.05, 0) is 6.42 Å². The van der Waals surface area contributed by atoms with Crippen LogP contribution in [0, 0.1) is 10.1 Å². The molecule has 0 radical (unpaired) electrons. The molecule has 0 aliphatic carbocycles. The van der Waals surface area contributed by atoms with Gasteiger partial charge in [-0.25, -0.2) is 0 Å². The molecule has 114 valence electrons. The Morgan fingerprint density at radius 1 is 1.57 bits per heavy atom. The second kappa shape index (κ2) is 7.28. The summed E-state index contributed by atoms with van der Waals surface area (Å²) in [4.78, 5) is 14.8. The predicted octanol–water partition coefficient (Wildman–Crippen LogP) is 2.42. The van der Waals surface area contributed by atoms with E-state index in [4.69, 9.17) is 15.2 Å². The van der Waals surface area contributed by atoms with Crippen molar-refractivity contribution in [2.24, 2.45) is 10.7 Å². The molecule has 7 nitrogen and oxygen atoms in total. The van der Waals surface area contributed by atoms with Gasteiger partial charge < -0.3 is 15.2 Å². The van der Waals surface area contributed by atoms with Crippen LogP contribution in [0.1, 0.15) is 24.5 Å². The topological polar surface area (TPSA) is 100.0 Å². The van der Waals surface area contributed by atoms with E-state index < -0.39 is 4.92 Å². The highest BCUT2D eigenvalue weighted by Gasteiger charge is 2.21. The minimum atomic E-state index is -0.419. The number of hydrogen-bond donors (Lipinski definition) is 1. The quantitative estimate of drug-likeness (QED) is 0.388. The van der Waals surface area contributed by atoms with Gasteiger partial charge in [0, 0.05) is 35.6 Å². The van der Waals surface area contributed by atoms with Crippen LogP contribution in [0.3, 0.4) is 0 Å². The Kier molecular flexibility index (Phi) is 5.40. The van der Waals surface area contributed by atoms with Crippen molar-refractivity contribution in [2.75, 3.05) is 13.3 Å². The maximum atomic E-state index is 11.0. The van der Waals surface area contributed by atoms with E-state index in [2.05, 4.69) is 4.99 Å². The van der Waals surface area contributed by atoms with Crippen molar-refractivity contribution in [1.29, 1.82) is 0 Å². The molecule has 8 heteroatoms. The molecule has 0 unspecified atom stereocenters. The molecule has 1 heterocycles. The highest BCUT2D eigenvalue weighted by atomic mass is 32.2. The van der Waals surface area contributed by atoms with Gasteiger partial charge in [0.1, 0.15) is 5.75 Å². The van der Waals surface area contributed by atoms with Gasteiger partial charge in [0.2, 0.25) is 0 Å². The zero-order chi connectivity index (χ0) is 15.2. The number of ether oxygens (including phenoxy) is 2. The van der Waals surface area contributed by atoms with Gasteiger partial charge in [-0.2, -0.15) is 0 Å². The summed E-state index contributed by atoms with van der Waals surface area (Å²) >= 11 is 1.35. The molecule has 0 amide bonds. The zero-order valence-electron chi connectivity index (χ0n) is 11.7.